The van der Waals surface area contributed by atoms with Crippen LogP contribution in [-0.4, -0.2) is 10.4 Å². The second-order valence-electron chi connectivity index (χ2n) is 3.56. The molecule has 74 valence electrons. The van der Waals surface area contributed by atoms with Crippen LogP contribution in [0.15, 0.2) is 33.6 Å². The van der Waals surface area contributed by atoms with Crippen LogP contribution in [0.3, 0.4) is 0 Å². The zero-order valence-corrected chi connectivity index (χ0v) is 8.88. The van der Waals surface area contributed by atoms with E-state index in [1.807, 2.05) is 19.1 Å². The summed E-state index contributed by atoms with van der Waals surface area (Å²) in [6.07, 6.45) is 2.33. The highest BCUT2D eigenvalue weighted by Gasteiger charge is 2.18. The van der Waals surface area contributed by atoms with E-state index in [0.717, 1.165) is 18.4 Å². The lowest BCUT2D eigenvalue weighted by molar-refractivity contribution is 0.684. The fourth-order valence-corrected chi connectivity index (χ4v) is 1.76. The van der Waals surface area contributed by atoms with Crippen molar-refractivity contribution in [2.24, 2.45) is 10.3 Å². The van der Waals surface area contributed by atoms with Gasteiger partial charge in [-0.15, -0.1) is 0 Å². The van der Waals surface area contributed by atoms with Crippen LogP contribution in [0.25, 0.3) is 0 Å². The molecule has 0 unspecified atom stereocenters. The van der Waals surface area contributed by atoms with E-state index >= 15 is 0 Å². The number of aryl methyl sites for hydroxylation is 1. The molecule has 2 nitrogen and oxygen atoms in total. The van der Waals surface area contributed by atoms with Gasteiger partial charge in [0.1, 0.15) is 0 Å². The first-order valence-electron chi connectivity index (χ1n) is 5.20. The first kappa shape index (κ1) is 8.36. The van der Waals surface area contributed by atoms with Crippen molar-refractivity contribution >= 4 is 17.2 Å². The fraction of sp³-hybridized carbons (Fsp3) is 0.364. The van der Waals surface area contributed by atoms with E-state index in [1.165, 1.54) is 0 Å². The van der Waals surface area contributed by atoms with Crippen LogP contribution in [0.5, 0.6) is 0 Å². The Labute approximate surface area is 88.1 Å². The third-order valence-electron chi connectivity index (χ3n) is 2.12. The topological polar surface area (TPSA) is 29.4 Å². The highest BCUT2D eigenvalue weighted by atomic mass is 32.2. The van der Waals surface area contributed by atoms with E-state index in [9.17, 15) is 4.21 Å². The second kappa shape index (κ2) is 4.05. The van der Waals surface area contributed by atoms with E-state index in [1.54, 1.807) is 12.1 Å². The van der Waals surface area contributed by atoms with Crippen molar-refractivity contribution in [3.05, 3.63) is 29.8 Å². The van der Waals surface area contributed by atoms with E-state index < -0.39 is 11.0 Å². The Hall–Kier alpha value is -0.960. The largest absolute Gasteiger partial charge is 0.230 e. The Kier molecular flexibility index (Phi) is 2.42. The minimum Gasteiger partial charge on any atom is -0.230 e. The third kappa shape index (κ3) is 2.51. The maximum Gasteiger partial charge on any atom is 0.172 e. The smallest absolute Gasteiger partial charge is 0.172 e. The monoisotopic (exact) mass is 208 g/mol. The average molecular weight is 208 g/mol. The number of nitrogens with zero attached hydrogens (tertiary/aromatic N) is 1. The van der Waals surface area contributed by atoms with Gasteiger partial charge in [-0.2, -0.15) is 4.40 Å². The van der Waals surface area contributed by atoms with Crippen molar-refractivity contribution in [2.45, 2.75) is 24.7 Å². The molecule has 1 aromatic rings. The molecule has 0 aliphatic heterocycles. The molecule has 0 spiro atoms. The van der Waals surface area contributed by atoms with Crippen molar-refractivity contribution in [1.29, 1.82) is 0 Å². The summed E-state index contributed by atoms with van der Waals surface area (Å²) in [6, 6.07) is 7.41. The Morgan fingerprint density at radius 3 is 2.71 bits per heavy atom. The normalized spacial score (nSPS) is 20.4. The van der Waals surface area contributed by atoms with Gasteiger partial charge in [-0.3, -0.25) is 0 Å². The molecule has 1 atom stereocenters. The van der Waals surface area contributed by atoms with Crippen LogP contribution < -0.4 is 0 Å². The Morgan fingerprint density at radius 1 is 1.50 bits per heavy atom. The van der Waals surface area contributed by atoms with E-state index in [2.05, 4.69) is 4.40 Å². The van der Waals surface area contributed by atoms with Gasteiger partial charge in [0, 0.05) is 6.19 Å². The summed E-state index contributed by atoms with van der Waals surface area (Å²) < 4.78 is 23.2. The number of rotatable bonds is 3. The number of hydrogen-bond donors (Lipinski definition) is 0. The Bertz CT molecular complexity index is 409. The van der Waals surface area contributed by atoms with Crippen LogP contribution in [-0.2, 0) is 11.0 Å². The molecular formula is C11H13NOS. The summed E-state index contributed by atoms with van der Waals surface area (Å²) in [5.74, 6) is 0.263. The van der Waals surface area contributed by atoms with Crippen LogP contribution in [0, 0.1) is 12.8 Å². The predicted octanol–water partition coefficient (Wildman–Crippen LogP) is 2.50. The molecule has 2 rings (SSSR count). The van der Waals surface area contributed by atoms with Gasteiger partial charge in [-0.25, -0.2) is 4.21 Å². The van der Waals surface area contributed by atoms with Gasteiger partial charge in [-0.05, 0) is 37.8 Å². The van der Waals surface area contributed by atoms with Gasteiger partial charge in [0.15, 0.2) is 11.0 Å². The van der Waals surface area contributed by atoms with Gasteiger partial charge >= 0.3 is 0 Å². The molecule has 14 heavy (non-hydrogen) atoms. The zero-order valence-electron chi connectivity index (χ0n) is 9.06. The van der Waals surface area contributed by atoms with E-state index in [0.29, 0.717) is 4.90 Å². The van der Waals surface area contributed by atoms with Gasteiger partial charge in [0.25, 0.3) is 0 Å². The highest BCUT2D eigenvalue weighted by Crippen LogP contribution is 2.26. The summed E-state index contributed by atoms with van der Waals surface area (Å²) in [6.45, 7) is 1.98. The van der Waals surface area contributed by atoms with Gasteiger partial charge in [0.05, 0.1) is 6.27 Å². The molecule has 0 radical (unpaired) electrons. The van der Waals surface area contributed by atoms with Crippen molar-refractivity contribution in [1.82, 2.24) is 0 Å². The highest BCUT2D eigenvalue weighted by molar-refractivity contribution is 7.83. The minimum atomic E-state index is -1.40. The van der Waals surface area contributed by atoms with Crippen molar-refractivity contribution in [3.8, 4) is 0 Å². The van der Waals surface area contributed by atoms with E-state index in [-0.39, 0.29) is 12.1 Å². The third-order valence-corrected chi connectivity index (χ3v) is 3.06. The lowest BCUT2D eigenvalue weighted by Gasteiger charge is -1.96. The molecular weight excluding hydrogens is 194 g/mol. The van der Waals surface area contributed by atoms with Crippen LogP contribution in [0.2, 0.25) is 0 Å². The fourth-order valence-electron chi connectivity index (χ4n) is 1.04. The van der Waals surface area contributed by atoms with Crippen LogP contribution >= 0.6 is 0 Å². The van der Waals surface area contributed by atoms with Crippen molar-refractivity contribution in [3.63, 3.8) is 0 Å². The molecule has 1 aromatic carbocycles. The maximum atomic E-state index is 11.7. The lowest BCUT2D eigenvalue weighted by Crippen LogP contribution is -1.88. The summed E-state index contributed by atoms with van der Waals surface area (Å²) in [5.41, 5.74) is 1.13. The molecule has 0 heterocycles. The maximum absolute atomic E-state index is 11.7. The second-order valence-corrected chi connectivity index (χ2v) is 4.71. The number of benzene rings is 1. The SMILES string of the molecule is [2H]/C(=N\[S@](=O)c1ccc(C)cc1)C1CC1. The Morgan fingerprint density at radius 2 is 2.14 bits per heavy atom. The van der Waals surface area contributed by atoms with Crippen LogP contribution in [0.4, 0.5) is 0 Å². The van der Waals surface area contributed by atoms with Gasteiger partial charge in [-0.1, -0.05) is 17.7 Å². The van der Waals surface area contributed by atoms with Gasteiger partial charge in [0.2, 0.25) is 0 Å². The molecule has 1 saturated carbocycles. The molecule has 0 saturated heterocycles. The first-order valence-corrected chi connectivity index (χ1v) is 5.81. The minimum absolute atomic E-state index is 0.263. The molecule has 0 amide bonds. The standard InChI is InChI=1S/C11H13NOS/c1-9-2-6-11(7-3-9)14(13)12-8-10-4-5-10/h2-3,6-8,10H,4-5H2,1H3/b12-8+/t14-/m1/s1/i8D. The summed E-state index contributed by atoms with van der Waals surface area (Å²) >= 11 is 0. The first-order chi connectivity index (χ1) is 7.16. The molecule has 0 aromatic heterocycles. The molecule has 0 N–H and O–H groups in total. The zero-order chi connectivity index (χ0) is 10.8. The van der Waals surface area contributed by atoms with Crippen LogP contribution in [0.1, 0.15) is 19.8 Å². The molecule has 0 bridgehead atoms. The van der Waals surface area contributed by atoms with Gasteiger partial charge < -0.3 is 0 Å². The summed E-state index contributed by atoms with van der Waals surface area (Å²) in [5, 5.41) is 0. The summed E-state index contributed by atoms with van der Waals surface area (Å²) in [4.78, 5) is 0.672. The molecule has 1 fully saturated rings. The van der Waals surface area contributed by atoms with E-state index in [4.69, 9.17) is 1.37 Å². The molecule has 3 heteroatoms. The number of hydrogen-bond acceptors (Lipinski definition) is 1. The lowest BCUT2D eigenvalue weighted by atomic mass is 10.2. The summed E-state index contributed by atoms with van der Waals surface area (Å²) in [7, 11) is -1.40. The molecule has 1 aliphatic carbocycles. The predicted molar refractivity (Wildman–Crippen MR) is 58.8 cm³/mol. The molecule has 1 aliphatic rings. The quantitative estimate of drug-likeness (QED) is 0.702. The van der Waals surface area contributed by atoms with Crippen molar-refractivity contribution in [2.75, 3.05) is 0 Å². The Balaban J connectivity index is 2.13. The van der Waals surface area contributed by atoms with Crippen molar-refractivity contribution < 1.29 is 5.58 Å². The average Bonchev–Trinajstić information content (AvgIpc) is 3.01.